The van der Waals surface area contributed by atoms with Gasteiger partial charge in [-0.05, 0) is 32.9 Å². The minimum Gasteiger partial charge on any atom is -0.467 e. The highest BCUT2D eigenvalue weighted by Crippen LogP contribution is 2.15. The van der Waals surface area contributed by atoms with Crippen molar-refractivity contribution in [2.24, 2.45) is 0 Å². The van der Waals surface area contributed by atoms with Gasteiger partial charge in [-0.25, -0.2) is 19.1 Å². The van der Waals surface area contributed by atoms with E-state index in [1.165, 1.54) is 13.4 Å². The van der Waals surface area contributed by atoms with Gasteiger partial charge < -0.3 is 20.5 Å². The van der Waals surface area contributed by atoms with Crippen LogP contribution in [0.1, 0.15) is 26.5 Å². The quantitative estimate of drug-likeness (QED) is 0.797. The molecule has 24 heavy (non-hydrogen) atoms. The van der Waals surface area contributed by atoms with Crippen LogP contribution >= 0.6 is 0 Å². The average molecular weight is 335 g/mol. The fourth-order valence-corrected chi connectivity index (χ4v) is 2.16. The third-order valence-electron chi connectivity index (χ3n) is 3.15. The molecule has 0 radical (unpaired) electrons. The van der Waals surface area contributed by atoms with Gasteiger partial charge in [0.1, 0.15) is 23.5 Å². The molecule has 0 bridgehead atoms. The number of rotatable bonds is 4. The summed E-state index contributed by atoms with van der Waals surface area (Å²) >= 11 is 0. The molecule has 0 aliphatic carbocycles. The highest BCUT2D eigenvalue weighted by molar-refractivity contribution is 5.81. The van der Waals surface area contributed by atoms with Gasteiger partial charge in [0.2, 0.25) is 0 Å². The molecule has 1 atom stereocenters. The third kappa shape index (κ3) is 4.12. The van der Waals surface area contributed by atoms with Gasteiger partial charge in [0, 0.05) is 12.1 Å². The van der Waals surface area contributed by atoms with Gasteiger partial charge in [0.25, 0.3) is 0 Å². The summed E-state index contributed by atoms with van der Waals surface area (Å²) in [6, 6.07) is 2.58. The number of carbonyl (C=O) groups is 2. The zero-order chi connectivity index (χ0) is 17.9. The number of esters is 1. The largest absolute Gasteiger partial charge is 0.467 e. The summed E-state index contributed by atoms with van der Waals surface area (Å²) in [5.74, 6) is -0.260. The summed E-state index contributed by atoms with van der Waals surface area (Å²) < 4.78 is 11.5. The van der Waals surface area contributed by atoms with Crippen molar-refractivity contribution < 1.29 is 19.1 Å². The molecule has 0 aliphatic heterocycles. The van der Waals surface area contributed by atoms with Gasteiger partial charge in [-0.15, -0.1) is 0 Å². The van der Waals surface area contributed by atoms with Gasteiger partial charge >= 0.3 is 12.1 Å². The lowest BCUT2D eigenvalue weighted by molar-refractivity contribution is -0.143. The van der Waals surface area contributed by atoms with E-state index in [9.17, 15) is 9.59 Å². The lowest BCUT2D eigenvalue weighted by Crippen LogP contribution is -2.45. The van der Waals surface area contributed by atoms with Crippen molar-refractivity contribution in [2.75, 3.05) is 12.8 Å². The minimum absolute atomic E-state index is 0.163. The standard InChI is InChI=1S/C15H21N5O4/c1-15(2,3)24-14(22)19-10(13(21)23-4)7-9-5-6-11-12(16)17-8-18-20(9)11/h5-6,8,10H,7H2,1-4H3,(H,19,22)(H2,16,17,18)/t10-/m1/s1. The fraction of sp³-hybridized carbons (Fsp3) is 0.467. The molecule has 0 saturated heterocycles. The predicted molar refractivity (Wildman–Crippen MR) is 86.3 cm³/mol. The van der Waals surface area contributed by atoms with E-state index < -0.39 is 23.7 Å². The number of hydrogen-bond donors (Lipinski definition) is 2. The third-order valence-corrected chi connectivity index (χ3v) is 3.15. The first-order valence-electron chi connectivity index (χ1n) is 7.35. The first kappa shape index (κ1) is 17.5. The molecule has 0 unspecified atom stereocenters. The average Bonchev–Trinajstić information content (AvgIpc) is 2.88. The Kier molecular flexibility index (Phi) is 4.91. The summed E-state index contributed by atoms with van der Waals surface area (Å²) in [7, 11) is 1.25. The fourth-order valence-electron chi connectivity index (χ4n) is 2.16. The van der Waals surface area contributed by atoms with Crippen LogP contribution in [0.5, 0.6) is 0 Å². The number of hydrogen-bond acceptors (Lipinski definition) is 7. The number of fused-ring (bicyclic) bond motifs is 1. The van der Waals surface area contributed by atoms with Crippen molar-refractivity contribution >= 4 is 23.4 Å². The maximum atomic E-state index is 12.0. The zero-order valence-corrected chi connectivity index (χ0v) is 14.1. The number of nitrogens with zero attached hydrogens (tertiary/aromatic N) is 3. The molecule has 0 spiro atoms. The van der Waals surface area contributed by atoms with Gasteiger partial charge in [-0.2, -0.15) is 5.10 Å². The molecule has 1 amide bonds. The number of aromatic nitrogens is 3. The lowest BCUT2D eigenvalue weighted by Gasteiger charge is -2.22. The summed E-state index contributed by atoms with van der Waals surface area (Å²) in [5, 5.41) is 6.63. The molecule has 9 nitrogen and oxygen atoms in total. The summed E-state index contributed by atoms with van der Waals surface area (Å²) in [4.78, 5) is 27.8. The molecule has 130 valence electrons. The maximum Gasteiger partial charge on any atom is 0.408 e. The molecule has 2 heterocycles. The number of carbonyl (C=O) groups excluding carboxylic acids is 2. The molecule has 0 fully saturated rings. The number of ether oxygens (including phenoxy) is 2. The van der Waals surface area contributed by atoms with Crippen LogP contribution in [-0.4, -0.2) is 45.4 Å². The Bertz CT molecular complexity index is 750. The maximum absolute atomic E-state index is 12.0. The summed E-state index contributed by atoms with van der Waals surface area (Å²) in [6.07, 6.45) is 0.782. The van der Waals surface area contributed by atoms with E-state index >= 15 is 0 Å². The number of methoxy groups -OCH3 is 1. The zero-order valence-electron chi connectivity index (χ0n) is 14.1. The highest BCUT2D eigenvalue weighted by atomic mass is 16.6. The first-order valence-corrected chi connectivity index (χ1v) is 7.35. The van der Waals surface area contributed by atoms with Crippen molar-refractivity contribution in [1.29, 1.82) is 0 Å². The van der Waals surface area contributed by atoms with Crippen LogP contribution in [0.2, 0.25) is 0 Å². The van der Waals surface area contributed by atoms with E-state index in [4.69, 9.17) is 15.2 Å². The van der Waals surface area contributed by atoms with Crippen molar-refractivity contribution in [1.82, 2.24) is 19.9 Å². The van der Waals surface area contributed by atoms with E-state index in [0.29, 0.717) is 17.0 Å². The van der Waals surface area contributed by atoms with Crippen LogP contribution in [0, 0.1) is 0 Å². The Morgan fingerprint density at radius 1 is 1.38 bits per heavy atom. The molecule has 2 aromatic rings. The van der Waals surface area contributed by atoms with Gasteiger partial charge in [-0.3, -0.25) is 0 Å². The van der Waals surface area contributed by atoms with Crippen molar-refractivity contribution in [3.63, 3.8) is 0 Å². The Balaban J connectivity index is 2.21. The van der Waals surface area contributed by atoms with Gasteiger partial charge in [-0.1, -0.05) is 0 Å². The minimum atomic E-state index is -0.917. The Morgan fingerprint density at radius 2 is 2.08 bits per heavy atom. The Labute approximate surface area is 139 Å². The number of nitrogens with one attached hydrogen (secondary N) is 1. The van der Waals surface area contributed by atoms with E-state index in [1.807, 2.05) is 0 Å². The van der Waals surface area contributed by atoms with Crippen LogP contribution in [-0.2, 0) is 20.7 Å². The molecular weight excluding hydrogens is 314 g/mol. The van der Waals surface area contributed by atoms with Gasteiger partial charge in [0.15, 0.2) is 5.82 Å². The van der Waals surface area contributed by atoms with Crippen molar-refractivity contribution in [2.45, 2.75) is 38.8 Å². The first-order chi connectivity index (χ1) is 11.2. The summed E-state index contributed by atoms with van der Waals surface area (Å²) in [5.41, 5.74) is 6.40. The molecule has 0 aliphatic rings. The van der Waals surface area contributed by atoms with Crippen LogP contribution in [0.15, 0.2) is 18.5 Å². The van der Waals surface area contributed by atoms with E-state index in [-0.39, 0.29) is 6.42 Å². The number of nitrogens with two attached hydrogens (primary N) is 1. The van der Waals surface area contributed by atoms with Crippen molar-refractivity contribution in [3.8, 4) is 0 Å². The molecule has 0 aromatic carbocycles. The van der Waals surface area contributed by atoms with Crippen LogP contribution in [0.25, 0.3) is 5.52 Å². The normalized spacial score (nSPS) is 12.7. The van der Waals surface area contributed by atoms with E-state index in [1.54, 1.807) is 37.4 Å². The Hall–Kier alpha value is -2.84. The SMILES string of the molecule is COC(=O)[C@@H](Cc1ccc2c(N)ncnn12)NC(=O)OC(C)(C)C. The van der Waals surface area contributed by atoms with E-state index in [0.717, 1.165) is 0 Å². The molecular formula is C15H21N5O4. The van der Waals surface area contributed by atoms with Crippen LogP contribution in [0.4, 0.5) is 10.6 Å². The molecule has 2 rings (SSSR count). The summed E-state index contributed by atoms with van der Waals surface area (Å²) in [6.45, 7) is 5.21. The monoisotopic (exact) mass is 335 g/mol. The van der Waals surface area contributed by atoms with Crippen LogP contribution < -0.4 is 11.1 Å². The second-order valence-corrected chi connectivity index (χ2v) is 6.19. The van der Waals surface area contributed by atoms with Gasteiger partial charge in [0.05, 0.1) is 7.11 Å². The molecule has 9 heteroatoms. The smallest absolute Gasteiger partial charge is 0.408 e. The number of alkyl carbamates (subject to hydrolysis) is 1. The van der Waals surface area contributed by atoms with Crippen molar-refractivity contribution in [3.05, 3.63) is 24.2 Å². The lowest BCUT2D eigenvalue weighted by atomic mass is 10.1. The highest BCUT2D eigenvalue weighted by Gasteiger charge is 2.26. The number of nitrogen functional groups attached to an aromatic ring is 1. The number of amides is 1. The predicted octanol–water partition coefficient (Wildman–Crippen LogP) is 0.920. The van der Waals surface area contributed by atoms with Crippen LogP contribution in [0.3, 0.4) is 0 Å². The number of anilines is 1. The molecule has 0 saturated carbocycles. The second kappa shape index (κ2) is 6.73. The second-order valence-electron chi connectivity index (χ2n) is 6.19. The molecule has 3 N–H and O–H groups in total. The Morgan fingerprint density at radius 3 is 2.71 bits per heavy atom. The molecule has 2 aromatic heterocycles. The van der Waals surface area contributed by atoms with E-state index in [2.05, 4.69) is 15.4 Å². The topological polar surface area (TPSA) is 121 Å².